The van der Waals surface area contributed by atoms with E-state index in [1.54, 1.807) is 4.68 Å². The number of aliphatic hydroxyl groups excluding tert-OH is 1. The summed E-state index contributed by atoms with van der Waals surface area (Å²) in [7, 11) is 0. The smallest absolute Gasteiger partial charge is 0.223 e. The Labute approximate surface area is 107 Å². The average molecular weight is 267 g/mol. The van der Waals surface area contributed by atoms with Crippen molar-refractivity contribution in [1.82, 2.24) is 25.0 Å². The summed E-state index contributed by atoms with van der Waals surface area (Å²) in [5, 5.41) is 17.3. The van der Waals surface area contributed by atoms with Crippen LogP contribution < -0.4 is 5.73 Å². The van der Waals surface area contributed by atoms with Crippen molar-refractivity contribution in [2.24, 2.45) is 5.92 Å². The number of nitrogens with zero attached hydrogens (tertiary/aromatic N) is 5. The summed E-state index contributed by atoms with van der Waals surface area (Å²) in [4.78, 5) is 7.95. The lowest BCUT2D eigenvalue weighted by molar-refractivity contribution is 0.243. The van der Waals surface area contributed by atoms with Crippen molar-refractivity contribution >= 4 is 28.7 Å². The Kier molecular flexibility index (Phi) is 2.64. The molecule has 2 heterocycles. The molecule has 0 radical (unpaired) electrons. The molecule has 3 N–H and O–H groups in total. The molecular weight excluding hydrogens is 256 g/mol. The van der Waals surface area contributed by atoms with E-state index < -0.39 is 0 Å². The molecule has 0 aliphatic heterocycles. The molecule has 94 valence electrons. The van der Waals surface area contributed by atoms with Gasteiger partial charge in [-0.05, 0) is 6.42 Å². The number of aliphatic hydroxyl groups is 1. The van der Waals surface area contributed by atoms with Crippen LogP contribution in [-0.4, -0.2) is 36.7 Å². The van der Waals surface area contributed by atoms with E-state index in [0.29, 0.717) is 11.2 Å². The fraction of sp³-hybridized carbons (Fsp3) is 0.400. The van der Waals surface area contributed by atoms with Crippen LogP contribution in [0.2, 0.25) is 5.15 Å². The van der Waals surface area contributed by atoms with Gasteiger partial charge in [0.2, 0.25) is 5.95 Å². The van der Waals surface area contributed by atoms with Gasteiger partial charge in [0, 0.05) is 12.5 Å². The summed E-state index contributed by atoms with van der Waals surface area (Å²) >= 11 is 5.93. The molecule has 1 aliphatic carbocycles. The summed E-state index contributed by atoms with van der Waals surface area (Å²) in [6.07, 6.45) is 4.70. The van der Waals surface area contributed by atoms with Gasteiger partial charge in [0.15, 0.2) is 16.3 Å². The minimum Gasteiger partial charge on any atom is -0.396 e. The normalized spacial score (nSPS) is 23.0. The largest absolute Gasteiger partial charge is 0.396 e. The second-order valence-electron chi connectivity index (χ2n) is 4.21. The predicted molar refractivity (Wildman–Crippen MR) is 65.9 cm³/mol. The van der Waals surface area contributed by atoms with E-state index in [1.165, 1.54) is 0 Å². The minimum absolute atomic E-state index is 0.0116. The number of allylic oxidation sites excluding steroid dienone is 1. The molecule has 2 atom stereocenters. The molecule has 0 unspecified atom stereocenters. The van der Waals surface area contributed by atoms with Gasteiger partial charge in [-0.2, -0.15) is 9.97 Å². The van der Waals surface area contributed by atoms with Gasteiger partial charge in [0.25, 0.3) is 0 Å². The van der Waals surface area contributed by atoms with Crippen molar-refractivity contribution < 1.29 is 5.11 Å². The number of rotatable bonds is 2. The van der Waals surface area contributed by atoms with E-state index in [-0.39, 0.29) is 29.7 Å². The van der Waals surface area contributed by atoms with Crippen LogP contribution in [0.15, 0.2) is 12.2 Å². The van der Waals surface area contributed by atoms with Crippen LogP contribution in [0, 0.1) is 5.92 Å². The fourth-order valence-corrected chi connectivity index (χ4v) is 2.31. The lowest BCUT2D eigenvalue weighted by atomic mass is 10.1. The molecule has 0 saturated carbocycles. The average Bonchev–Trinajstić information content (AvgIpc) is 2.93. The summed E-state index contributed by atoms with van der Waals surface area (Å²) in [5.74, 6) is 0.237. The van der Waals surface area contributed by atoms with Gasteiger partial charge in [-0.15, -0.1) is 5.10 Å². The summed E-state index contributed by atoms with van der Waals surface area (Å²) in [5.41, 5.74) is 6.52. The third kappa shape index (κ3) is 1.72. The number of nitrogen functional groups attached to an aromatic ring is 1. The molecule has 0 spiro atoms. The fourth-order valence-electron chi connectivity index (χ4n) is 2.11. The third-order valence-corrected chi connectivity index (χ3v) is 3.26. The Morgan fingerprint density at radius 1 is 1.44 bits per heavy atom. The van der Waals surface area contributed by atoms with Crippen LogP contribution in [0.1, 0.15) is 12.5 Å². The molecular formula is C10H11ClN6O. The van der Waals surface area contributed by atoms with Crippen LogP contribution in [0.4, 0.5) is 5.95 Å². The van der Waals surface area contributed by atoms with E-state index >= 15 is 0 Å². The summed E-state index contributed by atoms with van der Waals surface area (Å²) < 4.78 is 1.66. The molecule has 0 bridgehead atoms. The Bertz CT molecular complexity index is 624. The van der Waals surface area contributed by atoms with Gasteiger partial charge in [-0.1, -0.05) is 29.0 Å². The van der Waals surface area contributed by atoms with E-state index in [2.05, 4.69) is 20.3 Å². The maximum Gasteiger partial charge on any atom is 0.223 e. The molecule has 0 amide bonds. The maximum atomic E-state index is 9.12. The van der Waals surface area contributed by atoms with Crippen molar-refractivity contribution in [2.45, 2.75) is 12.5 Å². The number of halogens is 1. The summed E-state index contributed by atoms with van der Waals surface area (Å²) in [6, 6.07) is 0.0116. The van der Waals surface area contributed by atoms with Crippen molar-refractivity contribution in [2.75, 3.05) is 12.3 Å². The first-order valence-electron chi connectivity index (χ1n) is 5.52. The minimum atomic E-state index is 0.0116. The van der Waals surface area contributed by atoms with E-state index in [9.17, 15) is 0 Å². The Hall–Kier alpha value is -1.73. The van der Waals surface area contributed by atoms with Crippen LogP contribution in [-0.2, 0) is 0 Å². The molecule has 0 fully saturated rings. The van der Waals surface area contributed by atoms with Gasteiger partial charge >= 0.3 is 0 Å². The molecule has 18 heavy (non-hydrogen) atoms. The second-order valence-corrected chi connectivity index (χ2v) is 4.57. The Morgan fingerprint density at radius 3 is 3.00 bits per heavy atom. The highest BCUT2D eigenvalue weighted by Gasteiger charge is 2.23. The van der Waals surface area contributed by atoms with Crippen molar-refractivity contribution in [3.05, 3.63) is 17.3 Å². The standard InChI is InChI=1S/C10H11ClN6O/c11-8-7-9(14-10(12)13-8)17(16-15-7)6-2-1-5(3-6)4-18/h1-2,5-6,18H,3-4H2,(H2,12,13,14)/t5-,6+/m1/s1. The number of fused-ring (bicyclic) bond motifs is 1. The predicted octanol–water partition coefficient (Wildman–Crippen LogP) is 0.566. The van der Waals surface area contributed by atoms with E-state index in [4.69, 9.17) is 22.4 Å². The first-order valence-corrected chi connectivity index (χ1v) is 5.90. The monoisotopic (exact) mass is 266 g/mol. The zero-order valence-electron chi connectivity index (χ0n) is 9.36. The maximum absolute atomic E-state index is 9.12. The van der Waals surface area contributed by atoms with Gasteiger partial charge in [0.05, 0.1) is 6.04 Å². The van der Waals surface area contributed by atoms with Crippen molar-refractivity contribution in [3.63, 3.8) is 0 Å². The molecule has 2 aromatic rings. The molecule has 2 aromatic heterocycles. The lowest BCUT2D eigenvalue weighted by Gasteiger charge is -2.10. The third-order valence-electron chi connectivity index (χ3n) is 3.00. The first-order chi connectivity index (χ1) is 8.69. The van der Waals surface area contributed by atoms with E-state index in [0.717, 1.165) is 6.42 Å². The molecule has 8 heteroatoms. The van der Waals surface area contributed by atoms with Gasteiger partial charge in [-0.25, -0.2) is 4.68 Å². The molecule has 1 aliphatic rings. The highest BCUT2D eigenvalue weighted by molar-refractivity contribution is 6.33. The van der Waals surface area contributed by atoms with Crippen LogP contribution in [0.5, 0.6) is 0 Å². The first kappa shape index (κ1) is 11.4. The molecule has 0 saturated heterocycles. The highest BCUT2D eigenvalue weighted by Crippen LogP contribution is 2.29. The second kappa shape index (κ2) is 4.18. The zero-order chi connectivity index (χ0) is 12.7. The van der Waals surface area contributed by atoms with E-state index in [1.807, 2.05) is 12.2 Å². The molecule has 0 aromatic carbocycles. The molecule has 7 nitrogen and oxygen atoms in total. The van der Waals surface area contributed by atoms with Gasteiger partial charge in [0.1, 0.15) is 0 Å². The van der Waals surface area contributed by atoms with Crippen LogP contribution in [0.25, 0.3) is 11.2 Å². The van der Waals surface area contributed by atoms with Crippen LogP contribution in [0.3, 0.4) is 0 Å². The van der Waals surface area contributed by atoms with Crippen molar-refractivity contribution in [3.8, 4) is 0 Å². The summed E-state index contributed by atoms with van der Waals surface area (Å²) in [6.45, 7) is 0.123. The Balaban J connectivity index is 2.06. The highest BCUT2D eigenvalue weighted by atomic mass is 35.5. The van der Waals surface area contributed by atoms with Crippen molar-refractivity contribution in [1.29, 1.82) is 0 Å². The topological polar surface area (TPSA) is 103 Å². The Morgan fingerprint density at radius 2 is 2.28 bits per heavy atom. The van der Waals surface area contributed by atoms with Gasteiger partial charge in [-0.3, -0.25) is 0 Å². The number of anilines is 1. The SMILES string of the molecule is Nc1nc(Cl)c2nnn([C@H]3C=C[C@@H](CO)C3)c2n1. The number of aromatic nitrogens is 5. The van der Waals surface area contributed by atoms with Crippen LogP contribution >= 0.6 is 11.6 Å². The number of hydrogen-bond acceptors (Lipinski definition) is 6. The lowest BCUT2D eigenvalue weighted by Crippen LogP contribution is -2.10. The quantitative estimate of drug-likeness (QED) is 0.608. The molecule has 3 rings (SSSR count). The number of hydrogen-bond donors (Lipinski definition) is 2. The zero-order valence-corrected chi connectivity index (χ0v) is 10.1. The number of nitrogens with two attached hydrogens (primary N) is 1. The van der Waals surface area contributed by atoms with Gasteiger partial charge < -0.3 is 10.8 Å².